The Labute approximate surface area is 153 Å². The van der Waals surface area contributed by atoms with Crippen LogP contribution >= 0.6 is 0 Å². The van der Waals surface area contributed by atoms with Crippen LogP contribution in [0.15, 0.2) is 24.3 Å². The highest BCUT2D eigenvalue weighted by atomic mass is 16.5. The standard InChI is InChI=1S/C19H27N3O4/c1-13(20)15-5-3-4-10-22(15)19(24)9-7-14-6-8-16(17(11-14)25-2)26-12-18(21)23/h6-9,11,13,15H,3-5,10,12,20H2,1-2H3,(H2,21,23)/b9-7+. The predicted molar refractivity (Wildman–Crippen MR) is 99.7 cm³/mol. The molecule has 1 fully saturated rings. The average Bonchev–Trinajstić information content (AvgIpc) is 2.64. The van der Waals surface area contributed by atoms with Crippen LogP contribution in [0.4, 0.5) is 0 Å². The van der Waals surface area contributed by atoms with E-state index in [-0.39, 0.29) is 24.6 Å². The first-order valence-corrected chi connectivity index (χ1v) is 8.75. The summed E-state index contributed by atoms with van der Waals surface area (Å²) in [5.41, 5.74) is 11.9. The van der Waals surface area contributed by atoms with Crippen LogP contribution < -0.4 is 20.9 Å². The zero-order valence-corrected chi connectivity index (χ0v) is 15.3. The van der Waals surface area contributed by atoms with Crippen molar-refractivity contribution < 1.29 is 19.1 Å². The molecule has 0 bridgehead atoms. The summed E-state index contributed by atoms with van der Waals surface area (Å²) in [5, 5.41) is 0. The van der Waals surface area contributed by atoms with Gasteiger partial charge in [0.25, 0.3) is 5.91 Å². The summed E-state index contributed by atoms with van der Waals surface area (Å²) in [7, 11) is 1.51. The summed E-state index contributed by atoms with van der Waals surface area (Å²) in [5.74, 6) is 0.280. The maximum atomic E-state index is 12.6. The normalized spacial score (nSPS) is 18.6. The molecular formula is C19H27N3O4. The highest BCUT2D eigenvalue weighted by Gasteiger charge is 2.27. The van der Waals surface area contributed by atoms with E-state index >= 15 is 0 Å². The molecule has 0 aliphatic carbocycles. The highest BCUT2D eigenvalue weighted by Crippen LogP contribution is 2.28. The lowest BCUT2D eigenvalue weighted by molar-refractivity contribution is -0.130. The van der Waals surface area contributed by atoms with E-state index < -0.39 is 5.91 Å². The van der Waals surface area contributed by atoms with Crippen molar-refractivity contribution in [2.45, 2.75) is 38.3 Å². The van der Waals surface area contributed by atoms with Crippen LogP contribution in [0.3, 0.4) is 0 Å². The van der Waals surface area contributed by atoms with Crippen molar-refractivity contribution in [3.8, 4) is 11.5 Å². The second-order valence-electron chi connectivity index (χ2n) is 6.45. The van der Waals surface area contributed by atoms with Crippen molar-refractivity contribution in [3.05, 3.63) is 29.8 Å². The number of rotatable bonds is 7. The number of carbonyl (C=O) groups is 2. The molecule has 1 aliphatic rings. The largest absolute Gasteiger partial charge is 0.493 e. The molecule has 7 nitrogen and oxygen atoms in total. The second-order valence-corrected chi connectivity index (χ2v) is 6.45. The van der Waals surface area contributed by atoms with Crippen LogP contribution in [0.1, 0.15) is 31.7 Å². The number of hydrogen-bond donors (Lipinski definition) is 2. The van der Waals surface area contributed by atoms with E-state index in [4.69, 9.17) is 20.9 Å². The molecular weight excluding hydrogens is 334 g/mol. The Hall–Kier alpha value is -2.54. The number of methoxy groups -OCH3 is 1. The molecule has 0 aromatic heterocycles. The Balaban J connectivity index is 2.08. The molecule has 2 amide bonds. The molecule has 1 aromatic rings. The zero-order chi connectivity index (χ0) is 19.1. The minimum atomic E-state index is -0.563. The van der Waals surface area contributed by atoms with Crippen LogP contribution in [0.25, 0.3) is 6.08 Å². The fourth-order valence-corrected chi connectivity index (χ4v) is 3.10. The third-order valence-corrected chi connectivity index (χ3v) is 4.42. The lowest BCUT2D eigenvalue weighted by Crippen LogP contribution is -2.51. The van der Waals surface area contributed by atoms with Gasteiger partial charge in [0.05, 0.1) is 7.11 Å². The molecule has 0 radical (unpaired) electrons. The monoisotopic (exact) mass is 361 g/mol. The SMILES string of the molecule is COc1cc(/C=C/C(=O)N2CCCCC2C(C)N)ccc1OCC(N)=O. The first-order chi connectivity index (χ1) is 12.4. The molecule has 2 rings (SSSR count). The Morgan fingerprint density at radius 2 is 2.12 bits per heavy atom. The lowest BCUT2D eigenvalue weighted by atomic mass is 9.97. The van der Waals surface area contributed by atoms with Gasteiger partial charge in [-0.2, -0.15) is 0 Å². The van der Waals surface area contributed by atoms with Crippen LogP contribution in [0.2, 0.25) is 0 Å². The third kappa shape index (κ3) is 5.23. The van der Waals surface area contributed by atoms with Gasteiger partial charge in [0, 0.05) is 24.7 Å². The maximum Gasteiger partial charge on any atom is 0.255 e. The van der Waals surface area contributed by atoms with Gasteiger partial charge in [0.1, 0.15) is 0 Å². The number of ether oxygens (including phenoxy) is 2. The number of likely N-dealkylation sites (tertiary alicyclic amines) is 1. The Morgan fingerprint density at radius 1 is 1.35 bits per heavy atom. The molecule has 2 unspecified atom stereocenters. The van der Waals surface area contributed by atoms with Crippen LogP contribution in [-0.4, -0.2) is 49.1 Å². The van der Waals surface area contributed by atoms with Gasteiger partial charge in [-0.1, -0.05) is 6.07 Å². The Kier molecular flexibility index (Phi) is 7.03. The lowest BCUT2D eigenvalue weighted by Gasteiger charge is -2.37. The number of piperidine rings is 1. The summed E-state index contributed by atoms with van der Waals surface area (Å²) in [6, 6.07) is 5.23. The van der Waals surface area contributed by atoms with Gasteiger partial charge in [0.2, 0.25) is 5.91 Å². The van der Waals surface area contributed by atoms with Gasteiger partial charge >= 0.3 is 0 Å². The van der Waals surface area contributed by atoms with Crippen molar-refractivity contribution >= 4 is 17.9 Å². The van der Waals surface area contributed by atoms with E-state index in [9.17, 15) is 9.59 Å². The number of primary amides is 1. The van der Waals surface area contributed by atoms with Gasteiger partial charge in [-0.3, -0.25) is 9.59 Å². The number of nitrogens with two attached hydrogens (primary N) is 2. The number of hydrogen-bond acceptors (Lipinski definition) is 5. The molecule has 4 N–H and O–H groups in total. The van der Waals surface area contributed by atoms with Crippen molar-refractivity contribution in [3.63, 3.8) is 0 Å². The topological polar surface area (TPSA) is 108 Å². The Morgan fingerprint density at radius 3 is 2.77 bits per heavy atom. The predicted octanol–water partition coefficient (Wildman–Crippen LogP) is 1.30. The maximum absolute atomic E-state index is 12.6. The van der Waals surface area contributed by atoms with E-state index in [1.807, 2.05) is 11.8 Å². The summed E-state index contributed by atoms with van der Waals surface area (Å²) >= 11 is 0. The van der Waals surface area contributed by atoms with E-state index in [0.29, 0.717) is 11.5 Å². The molecule has 1 heterocycles. The fourth-order valence-electron chi connectivity index (χ4n) is 3.10. The minimum Gasteiger partial charge on any atom is -0.493 e. The third-order valence-electron chi connectivity index (χ3n) is 4.42. The first-order valence-electron chi connectivity index (χ1n) is 8.75. The molecule has 0 saturated carbocycles. The van der Waals surface area contributed by atoms with Gasteiger partial charge in [-0.15, -0.1) is 0 Å². The zero-order valence-electron chi connectivity index (χ0n) is 15.3. The van der Waals surface area contributed by atoms with Crippen LogP contribution in [-0.2, 0) is 9.59 Å². The summed E-state index contributed by atoms with van der Waals surface area (Å²) in [6.45, 7) is 2.45. The average molecular weight is 361 g/mol. The smallest absolute Gasteiger partial charge is 0.255 e. The van der Waals surface area contributed by atoms with E-state index in [1.54, 1.807) is 30.4 Å². The molecule has 1 aliphatic heterocycles. The quantitative estimate of drug-likeness (QED) is 0.712. The number of benzene rings is 1. The molecule has 1 saturated heterocycles. The molecule has 2 atom stereocenters. The van der Waals surface area contributed by atoms with Crippen LogP contribution in [0.5, 0.6) is 11.5 Å². The summed E-state index contributed by atoms with van der Waals surface area (Å²) < 4.78 is 10.6. The molecule has 26 heavy (non-hydrogen) atoms. The van der Waals surface area contributed by atoms with Crippen molar-refractivity contribution in [2.75, 3.05) is 20.3 Å². The number of nitrogens with zero attached hydrogens (tertiary/aromatic N) is 1. The van der Waals surface area contributed by atoms with Gasteiger partial charge in [-0.25, -0.2) is 0 Å². The molecule has 142 valence electrons. The number of carbonyl (C=O) groups excluding carboxylic acids is 2. The van der Waals surface area contributed by atoms with Gasteiger partial charge in [-0.05, 0) is 50.0 Å². The first kappa shape index (κ1) is 19.8. The molecule has 7 heteroatoms. The second kappa shape index (κ2) is 9.24. The van der Waals surface area contributed by atoms with E-state index in [2.05, 4.69) is 0 Å². The van der Waals surface area contributed by atoms with Gasteiger partial charge < -0.3 is 25.8 Å². The van der Waals surface area contributed by atoms with Crippen molar-refractivity contribution in [1.82, 2.24) is 4.90 Å². The van der Waals surface area contributed by atoms with Crippen molar-refractivity contribution in [2.24, 2.45) is 11.5 Å². The summed E-state index contributed by atoms with van der Waals surface area (Å²) in [4.78, 5) is 25.3. The summed E-state index contributed by atoms with van der Waals surface area (Å²) in [6.07, 6.45) is 6.33. The molecule has 0 spiro atoms. The number of amides is 2. The van der Waals surface area contributed by atoms with E-state index in [0.717, 1.165) is 31.4 Å². The van der Waals surface area contributed by atoms with Gasteiger partial charge in [0.15, 0.2) is 18.1 Å². The minimum absolute atomic E-state index is 0.0416. The van der Waals surface area contributed by atoms with E-state index in [1.165, 1.54) is 7.11 Å². The highest BCUT2D eigenvalue weighted by molar-refractivity contribution is 5.92. The van der Waals surface area contributed by atoms with Crippen molar-refractivity contribution in [1.29, 1.82) is 0 Å². The Bertz CT molecular complexity index is 673. The van der Waals surface area contributed by atoms with Crippen LogP contribution in [0, 0.1) is 0 Å². The molecule has 1 aromatic carbocycles. The fraction of sp³-hybridized carbons (Fsp3) is 0.474.